The van der Waals surface area contributed by atoms with Crippen molar-refractivity contribution in [3.8, 4) is 22.7 Å². The van der Waals surface area contributed by atoms with Crippen molar-refractivity contribution < 1.29 is 4.74 Å². The minimum absolute atomic E-state index is 0.0983. The fourth-order valence-corrected chi connectivity index (χ4v) is 3.17. The van der Waals surface area contributed by atoms with Crippen LogP contribution in [-0.4, -0.2) is 42.5 Å². The highest BCUT2D eigenvalue weighted by Crippen LogP contribution is 2.24. The quantitative estimate of drug-likeness (QED) is 0.524. The zero-order chi connectivity index (χ0) is 19.7. The second kappa shape index (κ2) is 7.28. The van der Waals surface area contributed by atoms with Gasteiger partial charge in [-0.2, -0.15) is 14.7 Å². The molecule has 4 rings (SSSR count). The zero-order valence-corrected chi connectivity index (χ0v) is 15.7. The van der Waals surface area contributed by atoms with Crippen LogP contribution in [0, 0.1) is 6.92 Å². The average molecular weight is 379 g/mol. The first-order valence-corrected chi connectivity index (χ1v) is 9.06. The van der Waals surface area contributed by atoms with E-state index < -0.39 is 0 Å². The lowest BCUT2D eigenvalue weighted by atomic mass is 10.1. The largest absolute Gasteiger partial charge is 0.492 e. The van der Waals surface area contributed by atoms with Crippen LogP contribution in [0.3, 0.4) is 0 Å². The molecule has 0 aromatic carbocycles. The van der Waals surface area contributed by atoms with Gasteiger partial charge in [-0.3, -0.25) is 4.79 Å². The van der Waals surface area contributed by atoms with Crippen molar-refractivity contribution in [3.05, 3.63) is 58.5 Å². The first kappa shape index (κ1) is 17.9. The lowest BCUT2D eigenvalue weighted by Crippen LogP contribution is -2.21. The Morgan fingerprint density at radius 2 is 2.14 bits per heavy atom. The van der Waals surface area contributed by atoms with Gasteiger partial charge in [0.05, 0.1) is 12.4 Å². The van der Waals surface area contributed by atoms with E-state index in [9.17, 15) is 4.79 Å². The lowest BCUT2D eigenvalue weighted by Gasteiger charge is -2.06. The Morgan fingerprint density at radius 1 is 1.29 bits per heavy atom. The Labute approximate surface area is 160 Å². The maximum absolute atomic E-state index is 12.6. The van der Waals surface area contributed by atoms with Gasteiger partial charge in [-0.15, -0.1) is 0 Å². The number of H-pyrrole nitrogens is 1. The van der Waals surface area contributed by atoms with E-state index in [0.717, 1.165) is 22.4 Å². The van der Waals surface area contributed by atoms with Gasteiger partial charge in [0.15, 0.2) is 5.82 Å². The number of nitrogens with zero attached hydrogens (tertiary/aromatic N) is 5. The summed E-state index contributed by atoms with van der Waals surface area (Å²) in [6.45, 7) is 4.73. The highest BCUT2D eigenvalue weighted by atomic mass is 16.5. The number of hydrogen-bond acceptors (Lipinski definition) is 6. The molecular formula is C19H21N7O2. The van der Waals surface area contributed by atoms with E-state index in [1.54, 1.807) is 35.4 Å². The van der Waals surface area contributed by atoms with Crippen molar-refractivity contribution in [2.24, 2.45) is 5.73 Å². The predicted molar refractivity (Wildman–Crippen MR) is 105 cm³/mol. The van der Waals surface area contributed by atoms with E-state index in [1.165, 1.54) is 4.52 Å². The van der Waals surface area contributed by atoms with Crippen LogP contribution in [-0.2, 0) is 6.42 Å². The topological polar surface area (TPSA) is 116 Å². The summed E-state index contributed by atoms with van der Waals surface area (Å²) < 4.78 is 8.60. The standard InChI is InChI=1S/C19H21N7O2/c1-3-15-12(2)24-18-16(10-23-26(18)19(15)27)13-9-22-25(11-13)17-8-14(4-6-21-17)28-7-5-20/h4,6,8-11,24H,3,5,7,20H2,1-2H3. The van der Waals surface area contributed by atoms with Gasteiger partial charge in [0, 0.05) is 47.4 Å². The molecule has 9 nitrogen and oxygen atoms in total. The summed E-state index contributed by atoms with van der Waals surface area (Å²) in [7, 11) is 0. The van der Waals surface area contributed by atoms with E-state index in [4.69, 9.17) is 10.5 Å². The monoisotopic (exact) mass is 379 g/mol. The summed E-state index contributed by atoms with van der Waals surface area (Å²) in [6, 6.07) is 3.57. The molecule has 4 heterocycles. The van der Waals surface area contributed by atoms with E-state index in [-0.39, 0.29) is 5.56 Å². The number of pyridine rings is 1. The van der Waals surface area contributed by atoms with Crippen molar-refractivity contribution in [1.29, 1.82) is 0 Å². The number of aromatic nitrogens is 6. The Bertz CT molecular complexity index is 1190. The van der Waals surface area contributed by atoms with Crippen LogP contribution in [0.25, 0.3) is 22.6 Å². The Morgan fingerprint density at radius 3 is 2.93 bits per heavy atom. The van der Waals surface area contributed by atoms with E-state index in [0.29, 0.717) is 36.8 Å². The fourth-order valence-electron chi connectivity index (χ4n) is 3.17. The van der Waals surface area contributed by atoms with Crippen molar-refractivity contribution >= 4 is 5.65 Å². The second-order valence-corrected chi connectivity index (χ2v) is 6.37. The van der Waals surface area contributed by atoms with Crippen LogP contribution < -0.4 is 16.0 Å². The third-order valence-electron chi connectivity index (χ3n) is 4.56. The number of rotatable bonds is 6. The van der Waals surface area contributed by atoms with Gasteiger partial charge in [0.1, 0.15) is 18.0 Å². The number of nitrogens with two attached hydrogens (primary N) is 1. The van der Waals surface area contributed by atoms with E-state index in [2.05, 4.69) is 20.2 Å². The molecule has 0 atom stereocenters. The van der Waals surface area contributed by atoms with Crippen molar-refractivity contribution in [1.82, 2.24) is 29.4 Å². The molecule has 28 heavy (non-hydrogen) atoms. The average Bonchev–Trinajstić information content (AvgIpc) is 3.34. The zero-order valence-electron chi connectivity index (χ0n) is 15.7. The molecule has 0 aliphatic heterocycles. The molecule has 0 radical (unpaired) electrons. The number of aryl methyl sites for hydroxylation is 1. The van der Waals surface area contributed by atoms with Gasteiger partial charge < -0.3 is 15.5 Å². The van der Waals surface area contributed by atoms with Crippen LogP contribution in [0.4, 0.5) is 0 Å². The maximum atomic E-state index is 12.6. The number of nitrogens with one attached hydrogen (secondary N) is 1. The number of fused-ring (bicyclic) bond motifs is 1. The van der Waals surface area contributed by atoms with E-state index in [1.807, 2.05) is 20.0 Å². The number of ether oxygens (including phenoxy) is 1. The molecule has 0 saturated heterocycles. The summed E-state index contributed by atoms with van der Waals surface area (Å²) in [5, 5.41) is 8.66. The SMILES string of the molecule is CCc1c(C)[nH]c2c(-c3cnn(-c4cc(OCCN)ccn4)c3)cnn2c1=O. The third-order valence-corrected chi connectivity index (χ3v) is 4.56. The van der Waals surface area contributed by atoms with Crippen molar-refractivity contribution in [2.45, 2.75) is 20.3 Å². The lowest BCUT2D eigenvalue weighted by molar-refractivity contribution is 0.328. The van der Waals surface area contributed by atoms with Gasteiger partial charge in [-0.1, -0.05) is 6.92 Å². The minimum atomic E-state index is -0.0983. The highest BCUT2D eigenvalue weighted by molar-refractivity contribution is 5.76. The van der Waals surface area contributed by atoms with Gasteiger partial charge in [-0.05, 0) is 19.4 Å². The van der Waals surface area contributed by atoms with Gasteiger partial charge >= 0.3 is 0 Å². The van der Waals surface area contributed by atoms with Crippen LogP contribution >= 0.6 is 0 Å². The smallest absolute Gasteiger partial charge is 0.277 e. The van der Waals surface area contributed by atoms with Crippen molar-refractivity contribution in [2.75, 3.05) is 13.2 Å². The number of hydrogen-bond donors (Lipinski definition) is 2. The Hall–Kier alpha value is -3.46. The van der Waals surface area contributed by atoms with Gasteiger partial charge in [0.25, 0.3) is 5.56 Å². The van der Waals surface area contributed by atoms with Crippen LogP contribution in [0.5, 0.6) is 5.75 Å². The normalized spacial score (nSPS) is 11.2. The fraction of sp³-hybridized carbons (Fsp3) is 0.263. The molecular weight excluding hydrogens is 358 g/mol. The third kappa shape index (κ3) is 3.05. The highest BCUT2D eigenvalue weighted by Gasteiger charge is 2.15. The maximum Gasteiger partial charge on any atom is 0.277 e. The molecule has 0 aliphatic rings. The van der Waals surface area contributed by atoms with E-state index >= 15 is 0 Å². The second-order valence-electron chi connectivity index (χ2n) is 6.37. The molecule has 0 saturated carbocycles. The summed E-state index contributed by atoms with van der Waals surface area (Å²) in [4.78, 5) is 20.2. The Balaban J connectivity index is 1.73. The summed E-state index contributed by atoms with van der Waals surface area (Å²) >= 11 is 0. The molecule has 9 heteroatoms. The van der Waals surface area contributed by atoms with Gasteiger partial charge in [-0.25, -0.2) is 9.67 Å². The molecule has 0 unspecified atom stereocenters. The molecule has 4 aromatic heterocycles. The van der Waals surface area contributed by atoms with Crippen molar-refractivity contribution in [3.63, 3.8) is 0 Å². The molecule has 0 fully saturated rings. The first-order valence-electron chi connectivity index (χ1n) is 9.06. The Kier molecular flexibility index (Phi) is 4.66. The van der Waals surface area contributed by atoms with Crippen LogP contribution in [0.2, 0.25) is 0 Å². The molecule has 0 amide bonds. The van der Waals surface area contributed by atoms with Gasteiger partial charge in [0.2, 0.25) is 0 Å². The first-order chi connectivity index (χ1) is 13.6. The predicted octanol–water partition coefficient (Wildman–Crippen LogP) is 1.48. The summed E-state index contributed by atoms with van der Waals surface area (Å²) in [5.74, 6) is 1.30. The van der Waals surface area contributed by atoms with Crippen LogP contribution in [0.1, 0.15) is 18.2 Å². The molecule has 144 valence electrons. The molecule has 4 aromatic rings. The molecule has 0 bridgehead atoms. The van der Waals surface area contributed by atoms with Crippen LogP contribution in [0.15, 0.2) is 41.7 Å². The minimum Gasteiger partial charge on any atom is -0.492 e. The molecule has 0 aliphatic carbocycles. The molecule has 0 spiro atoms. The summed E-state index contributed by atoms with van der Waals surface area (Å²) in [6.07, 6.45) is 7.53. The summed E-state index contributed by atoms with van der Waals surface area (Å²) in [5.41, 5.74) is 9.22. The molecule has 3 N–H and O–H groups in total. The number of aromatic amines is 1.